The van der Waals surface area contributed by atoms with E-state index in [2.05, 4.69) is 6.92 Å². The summed E-state index contributed by atoms with van der Waals surface area (Å²) < 4.78 is 6.31. The molecule has 1 aromatic heterocycles. The maximum atomic E-state index is 6.19. The zero-order valence-corrected chi connectivity index (χ0v) is 11.8. The van der Waals surface area contributed by atoms with Crippen LogP contribution in [0.3, 0.4) is 0 Å². The lowest BCUT2D eigenvalue weighted by molar-refractivity contribution is 0.317. The van der Waals surface area contributed by atoms with E-state index in [-0.39, 0.29) is 6.04 Å². The Morgan fingerprint density at radius 1 is 1.22 bits per heavy atom. The zero-order valence-electron chi connectivity index (χ0n) is 10.2. The smallest absolute Gasteiger partial charge is 0.119 e. The molecule has 0 spiro atoms. The average molecular weight is 282 g/mol. The lowest BCUT2D eigenvalue weighted by atomic mass is 10.1. The molecule has 96 valence electrons. The number of thiophene rings is 1. The van der Waals surface area contributed by atoms with Gasteiger partial charge in [0, 0.05) is 4.88 Å². The standard InChI is InChI=1S/C14H16ClNOS/c1-2-9-17-11-5-3-10(4-6-11)14(16)12-7-8-13(15)18-12/h3-8,14H,2,9,16H2,1H3. The largest absolute Gasteiger partial charge is 0.494 e. The van der Waals surface area contributed by atoms with Crippen LogP contribution in [-0.2, 0) is 0 Å². The fraction of sp³-hybridized carbons (Fsp3) is 0.286. The summed E-state index contributed by atoms with van der Waals surface area (Å²) in [5, 5.41) is 0. The Morgan fingerprint density at radius 2 is 1.94 bits per heavy atom. The third-order valence-electron chi connectivity index (χ3n) is 2.61. The molecule has 4 heteroatoms. The van der Waals surface area contributed by atoms with E-state index in [0.29, 0.717) is 0 Å². The van der Waals surface area contributed by atoms with Gasteiger partial charge in [0.25, 0.3) is 0 Å². The third kappa shape index (κ3) is 3.25. The van der Waals surface area contributed by atoms with Gasteiger partial charge in [-0.25, -0.2) is 0 Å². The summed E-state index contributed by atoms with van der Waals surface area (Å²) in [7, 11) is 0. The van der Waals surface area contributed by atoms with Crippen molar-refractivity contribution in [3.63, 3.8) is 0 Å². The van der Waals surface area contributed by atoms with Crippen LogP contribution in [0.5, 0.6) is 5.75 Å². The normalized spacial score (nSPS) is 12.4. The Balaban J connectivity index is 2.09. The molecule has 1 heterocycles. The van der Waals surface area contributed by atoms with Crippen LogP contribution in [0.4, 0.5) is 0 Å². The molecule has 0 saturated heterocycles. The molecule has 2 rings (SSSR count). The Morgan fingerprint density at radius 3 is 2.50 bits per heavy atom. The molecule has 0 aliphatic rings. The molecule has 18 heavy (non-hydrogen) atoms. The molecular formula is C14H16ClNOS. The van der Waals surface area contributed by atoms with Crippen molar-refractivity contribution >= 4 is 22.9 Å². The second-order valence-corrected chi connectivity index (χ2v) is 5.78. The fourth-order valence-electron chi connectivity index (χ4n) is 1.65. The minimum atomic E-state index is -0.122. The summed E-state index contributed by atoms with van der Waals surface area (Å²) in [6.45, 7) is 2.83. The van der Waals surface area contributed by atoms with Crippen LogP contribution in [0.2, 0.25) is 4.34 Å². The predicted molar refractivity (Wildman–Crippen MR) is 77.6 cm³/mol. The first-order valence-electron chi connectivity index (χ1n) is 5.94. The van der Waals surface area contributed by atoms with E-state index in [1.807, 2.05) is 36.4 Å². The van der Waals surface area contributed by atoms with Gasteiger partial charge in [0.1, 0.15) is 5.75 Å². The van der Waals surface area contributed by atoms with Gasteiger partial charge in [-0.15, -0.1) is 11.3 Å². The van der Waals surface area contributed by atoms with Gasteiger partial charge in [0.15, 0.2) is 0 Å². The quantitative estimate of drug-likeness (QED) is 0.890. The second-order valence-electron chi connectivity index (χ2n) is 4.04. The summed E-state index contributed by atoms with van der Waals surface area (Å²) in [5.74, 6) is 0.886. The number of benzene rings is 1. The van der Waals surface area contributed by atoms with Crippen molar-refractivity contribution in [2.75, 3.05) is 6.61 Å². The number of ether oxygens (including phenoxy) is 1. The molecule has 1 atom stereocenters. The topological polar surface area (TPSA) is 35.2 Å². The molecular weight excluding hydrogens is 266 g/mol. The highest BCUT2D eigenvalue weighted by Gasteiger charge is 2.11. The first-order valence-corrected chi connectivity index (χ1v) is 7.13. The Hall–Kier alpha value is -1.03. The SMILES string of the molecule is CCCOc1ccc(C(N)c2ccc(Cl)s2)cc1. The van der Waals surface area contributed by atoms with Gasteiger partial charge in [-0.3, -0.25) is 0 Å². The molecule has 0 radical (unpaired) electrons. The third-order valence-corrected chi connectivity index (χ3v) is 3.93. The lowest BCUT2D eigenvalue weighted by Crippen LogP contribution is -2.09. The van der Waals surface area contributed by atoms with Crippen molar-refractivity contribution in [2.45, 2.75) is 19.4 Å². The lowest BCUT2D eigenvalue weighted by Gasteiger charge is -2.11. The molecule has 0 aliphatic heterocycles. The van der Waals surface area contributed by atoms with Crippen molar-refractivity contribution < 1.29 is 4.74 Å². The highest BCUT2D eigenvalue weighted by molar-refractivity contribution is 7.16. The van der Waals surface area contributed by atoms with E-state index >= 15 is 0 Å². The minimum absolute atomic E-state index is 0.122. The van der Waals surface area contributed by atoms with Crippen molar-refractivity contribution in [2.24, 2.45) is 5.73 Å². The summed E-state index contributed by atoms with van der Waals surface area (Å²) in [6, 6.07) is 11.6. The van der Waals surface area contributed by atoms with Gasteiger partial charge < -0.3 is 10.5 Å². The van der Waals surface area contributed by atoms with Crippen LogP contribution >= 0.6 is 22.9 Å². The van der Waals surface area contributed by atoms with E-state index < -0.39 is 0 Å². The van der Waals surface area contributed by atoms with E-state index in [1.165, 1.54) is 11.3 Å². The van der Waals surface area contributed by atoms with E-state index in [1.54, 1.807) is 0 Å². The molecule has 0 saturated carbocycles. The van der Waals surface area contributed by atoms with Crippen molar-refractivity contribution in [1.29, 1.82) is 0 Å². The molecule has 1 aromatic carbocycles. The number of rotatable bonds is 5. The summed E-state index contributed by atoms with van der Waals surface area (Å²) in [6.07, 6.45) is 1.01. The van der Waals surface area contributed by atoms with Gasteiger partial charge >= 0.3 is 0 Å². The van der Waals surface area contributed by atoms with Gasteiger partial charge in [0.2, 0.25) is 0 Å². The van der Waals surface area contributed by atoms with Crippen LogP contribution in [0, 0.1) is 0 Å². The van der Waals surface area contributed by atoms with Crippen molar-refractivity contribution in [1.82, 2.24) is 0 Å². The summed E-state index contributed by atoms with van der Waals surface area (Å²) in [4.78, 5) is 1.07. The van der Waals surface area contributed by atoms with Gasteiger partial charge in [-0.2, -0.15) is 0 Å². The fourth-order valence-corrected chi connectivity index (χ4v) is 2.74. The molecule has 1 unspecified atom stereocenters. The van der Waals surface area contributed by atoms with Crippen LogP contribution in [0.15, 0.2) is 36.4 Å². The van der Waals surface area contributed by atoms with Crippen molar-refractivity contribution in [3.05, 3.63) is 51.2 Å². The Labute approximate surface area is 116 Å². The van der Waals surface area contributed by atoms with Gasteiger partial charge in [0.05, 0.1) is 17.0 Å². The highest BCUT2D eigenvalue weighted by atomic mass is 35.5. The molecule has 2 aromatic rings. The number of hydrogen-bond donors (Lipinski definition) is 1. The first-order chi connectivity index (χ1) is 8.70. The molecule has 2 N–H and O–H groups in total. The first kappa shape index (κ1) is 13.4. The van der Waals surface area contributed by atoms with Crippen LogP contribution in [-0.4, -0.2) is 6.61 Å². The minimum Gasteiger partial charge on any atom is -0.494 e. The van der Waals surface area contributed by atoms with E-state index in [4.69, 9.17) is 22.1 Å². The molecule has 0 amide bonds. The Kier molecular flexibility index (Phi) is 4.64. The maximum Gasteiger partial charge on any atom is 0.119 e. The highest BCUT2D eigenvalue weighted by Crippen LogP contribution is 2.30. The number of halogens is 1. The number of nitrogens with two attached hydrogens (primary N) is 1. The maximum absolute atomic E-state index is 6.19. The van der Waals surface area contributed by atoms with E-state index in [9.17, 15) is 0 Å². The molecule has 0 aliphatic carbocycles. The molecule has 2 nitrogen and oxygen atoms in total. The van der Waals surface area contributed by atoms with E-state index in [0.717, 1.165) is 33.6 Å². The van der Waals surface area contributed by atoms with Crippen LogP contribution < -0.4 is 10.5 Å². The van der Waals surface area contributed by atoms with Gasteiger partial charge in [-0.05, 0) is 36.2 Å². The summed E-state index contributed by atoms with van der Waals surface area (Å²) >= 11 is 7.44. The average Bonchev–Trinajstić information content (AvgIpc) is 2.83. The molecule has 0 fully saturated rings. The zero-order chi connectivity index (χ0) is 13.0. The Bertz CT molecular complexity index is 495. The van der Waals surface area contributed by atoms with Crippen LogP contribution in [0.1, 0.15) is 29.8 Å². The van der Waals surface area contributed by atoms with Crippen LogP contribution in [0.25, 0.3) is 0 Å². The monoisotopic (exact) mass is 281 g/mol. The second kappa shape index (κ2) is 6.23. The van der Waals surface area contributed by atoms with Gasteiger partial charge in [-0.1, -0.05) is 30.7 Å². The number of hydrogen-bond acceptors (Lipinski definition) is 3. The predicted octanol–water partition coefficient (Wildman–Crippen LogP) is 4.24. The molecule has 0 bridgehead atoms. The van der Waals surface area contributed by atoms with Crippen molar-refractivity contribution in [3.8, 4) is 5.75 Å². The summed E-state index contributed by atoms with van der Waals surface area (Å²) in [5.41, 5.74) is 7.26.